The Balaban J connectivity index is 1.81. The second kappa shape index (κ2) is 6.02. The molecular weight excluding hydrogens is 250 g/mol. The van der Waals surface area contributed by atoms with Crippen molar-refractivity contribution in [2.24, 2.45) is 5.92 Å². The molecular formula is C17H27NO2. The molecule has 0 unspecified atom stereocenters. The van der Waals surface area contributed by atoms with E-state index >= 15 is 0 Å². The van der Waals surface area contributed by atoms with Gasteiger partial charge in [-0.05, 0) is 40.0 Å². The van der Waals surface area contributed by atoms with Gasteiger partial charge in [-0.15, -0.1) is 0 Å². The van der Waals surface area contributed by atoms with Gasteiger partial charge in [0.05, 0.1) is 0 Å². The van der Waals surface area contributed by atoms with Crippen LogP contribution in [0.5, 0.6) is 0 Å². The summed E-state index contributed by atoms with van der Waals surface area (Å²) in [7, 11) is 0. The summed E-state index contributed by atoms with van der Waals surface area (Å²) >= 11 is 0. The van der Waals surface area contributed by atoms with Crippen LogP contribution in [-0.2, 0) is 4.74 Å². The molecule has 1 amide bonds. The highest BCUT2D eigenvalue weighted by Crippen LogP contribution is 2.32. The number of allylic oxidation sites excluding steroid dienone is 3. The van der Waals surface area contributed by atoms with E-state index in [-0.39, 0.29) is 6.09 Å². The Labute approximate surface area is 122 Å². The lowest BCUT2D eigenvalue weighted by Crippen LogP contribution is -2.52. The maximum atomic E-state index is 11.9. The van der Waals surface area contributed by atoms with Crippen LogP contribution in [0.25, 0.3) is 0 Å². The van der Waals surface area contributed by atoms with Gasteiger partial charge < -0.3 is 9.64 Å². The van der Waals surface area contributed by atoms with Crippen molar-refractivity contribution in [2.75, 3.05) is 13.1 Å². The zero-order valence-corrected chi connectivity index (χ0v) is 13.2. The van der Waals surface area contributed by atoms with Gasteiger partial charge in [-0.3, -0.25) is 0 Å². The van der Waals surface area contributed by atoms with Gasteiger partial charge in [-0.2, -0.15) is 0 Å². The van der Waals surface area contributed by atoms with E-state index < -0.39 is 5.60 Å². The average molecular weight is 277 g/mol. The number of amides is 1. The molecule has 0 N–H and O–H groups in total. The molecule has 1 aliphatic heterocycles. The molecule has 2 aliphatic rings. The van der Waals surface area contributed by atoms with Crippen LogP contribution >= 0.6 is 0 Å². The van der Waals surface area contributed by atoms with Gasteiger partial charge in [-0.25, -0.2) is 4.79 Å². The first-order chi connectivity index (χ1) is 9.39. The topological polar surface area (TPSA) is 29.5 Å². The second-order valence-corrected chi connectivity index (χ2v) is 6.90. The van der Waals surface area contributed by atoms with Crippen molar-refractivity contribution in [3.05, 3.63) is 23.3 Å². The molecule has 0 atom stereocenters. The van der Waals surface area contributed by atoms with E-state index in [1.807, 2.05) is 25.7 Å². The second-order valence-electron chi connectivity index (χ2n) is 6.90. The molecule has 1 heterocycles. The predicted octanol–water partition coefficient (Wildman–Crippen LogP) is 4.30. The summed E-state index contributed by atoms with van der Waals surface area (Å²) in [6.07, 6.45) is 9.21. The zero-order chi connectivity index (χ0) is 14.8. The van der Waals surface area contributed by atoms with E-state index in [1.54, 1.807) is 5.57 Å². The molecule has 3 heteroatoms. The van der Waals surface area contributed by atoms with Gasteiger partial charge in [0.1, 0.15) is 5.60 Å². The normalized spacial score (nSPS) is 20.1. The first-order valence-electron chi connectivity index (χ1n) is 7.75. The van der Waals surface area contributed by atoms with Gasteiger partial charge in [0.15, 0.2) is 0 Å². The summed E-state index contributed by atoms with van der Waals surface area (Å²) in [6.45, 7) is 9.59. The fourth-order valence-corrected chi connectivity index (χ4v) is 2.75. The molecule has 0 radical (unpaired) electrons. The molecule has 0 saturated carbocycles. The van der Waals surface area contributed by atoms with Gasteiger partial charge in [0.2, 0.25) is 0 Å². The molecule has 3 nitrogen and oxygen atoms in total. The lowest BCUT2D eigenvalue weighted by molar-refractivity contribution is 0.00332. The van der Waals surface area contributed by atoms with Crippen molar-refractivity contribution in [2.45, 2.75) is 59.0 Å². The molecule has 1 saturated heterocycles. The molecule has 1 fully saturated rings. The summed E-state index contributed by atoms with van der Waals surface area (Å²) in [5.74, 6) is 0.543. The molecule has 0 aromatic heterocycles. The highest BCUT2D eigenvalue weighted by atomic mass is 16.6. The largest absolute Gasteiger partial charge is 0.444 e. The predicted molar refractivity (Wildman–Crippen MR) is 81.6 cm³/mol. The Morgan fingerprint density at radius 1 is 1.30 bits per heavy atom. The van der Waals surface area contributed by atoms with Crippen LogP contribution in [0.1, 0.15) is 53.4 Å². The van der Waals surface area contributed by atoms with Crippen LogP contribution in [-0.4, -0.2) is 29.7 Å². The minimum atomic E-state index is -0.399. The minimum Gasteiger partial charge on any atom is -0.444 e. The van der Waals surface area contributed by atoms with Crippen molar-refractivity contribution >= 4 is 6.09 Å². The Kier molecular flexibility index (Phi) is 4.56. The van der Waals surface area contributed by atoms with Crippen molar-refractivity contribution < 1.29 is 9.53 Å². The lowest BCUT2D eigenvalue weighted by Gasteiger charge is -2.41. The Hall–Kier alpha value is -1.25. The van der Waals surface area contributed by atoms with E-state index in [0.717, 1.165) is 13.1 Å². The molecule has 0 aromatic rings. The zero-order valence-electron chi connectivity index (χ0n) is 13.2. The number of likely N-dealkylation sites (tertiary alicyclic amines) is 1. The first-order valence-corrected chi connectivity index (χ1v) is 7.75. The van der Waals surface area contributed by atoms with E-state index in [1.165, 1.54) is 31.3 Å². The number of hydrogen-bond donors (Lipinski definition) is 0. The number of ether oxygens (including phenoxy) is 1. The molecule has 0 aromatic carbocycles. The number of carbonyl (C=O) groups excluding carboxylic acids is 1. The average Bonchev–Trinajstić information content (AvgIpc) is 2.27. The number of carbonyl (C=O) groups is 1. The van der Waals surface area contributed by atoms with E-state index in [9.17, 15) is 4.79 Å². The van der Waals surface area contributed by atoms with Crippen molar-refractivity contribution in [3.63, 3.8) is 0 Å². The van der Waals surface area contributed by atoms with Crippen LogP contribution in [0.15, 0.2) is 23.3 Å². The molecule has 0 bridgehead atoms. The van der Waals surface area contributed by atoms with Crippen LogP contribution in [0.3, 0.4) is 0 Å². The molecule has 2 rings (SSSR count). The van der Waals surface area contributed by atoms with Crippen molar-refractivity contribution in [3.8, 4) is 0 Å². The number of rotatable bonds is 3. The molecule has 20 heavy (non-hydrogen) atoms. The van der Waals surface area contributed by atoms with E-state index in [0.29, 0.717) is 5.92 Å². The number of hydrogen-bond acceptors (Lipinski definition) is 2. The maximum Gasteiger partial charge on any atom is 0.410 e. The third kappa shape index (κ3) is 3.87. The van der Waals surface area contributed by atoms with Crippen molar-refractivity contribution in [1.29, 1.82) is 0 Å². The fourth-order valence-electron chi connectivity index (χ4n) is 2.75. The SMILES string of the molecule is CCCC1=CC=C(C2CN(C(=O)OC(C)(C)C)C2)CC1. The van der Waals surface area contributed by atoms with Crippen molar-refractivity contribution in [1.82, 2.24) is 4.90 Å². The van der Waals surface area contributed by atoms with Gasteiger partial charge in [0.25, 0.3) is 0 Å². The fraction of sp³-hybridized carbons (Fsp3) is 0.706. The molecule has 1 aliphatic carbocycles. The Morgan fingerprint density at radius 2 is 2.00 bits per heavy atom. The van der Waals surface area contributed by atoms with Crippen LogP contribution in [0, 0.1) is 5.92 Å². The standard InChI is InChI=1S/C17H27NO2/c1-5-6-13-7-9-14(10-8-13)15-11-18(12-15)16(19)20-17(2,3)4/h7,9,15H,5-6,8,10-12H2,1-4H3. The summed E-state index contributed by atoms with van der Waals surface area (Å²) in [6, 6.07) is 0. The van der Waals surface area contributed by atoms with Crippen LogP contribution in [0.4, 0.5) is 4.79 Å². The van der Waals surface area contributed by atoms with Gasteiger partial charge in [0, 0.05) is 19.0 Å². The smallest absolute Gasteiger partial charge is 0.410 e. The summed E-state index contributed by atoms with van der Waals surface area (Å²) in [5, 5.41) is 0. The minimum absolute atomic E-state index is 0.174. The highest BCUT2D eigenvalue weighted by molar-refractivity contribution is 5.69. The van der Waals surface area contributed by atoms with E-state index in [2.05, 4.69) is 19.1 Å². The van der Waals surface area contributed by atoms with Gasteiger partial charge >= 0.3 is 6.09 Å². The summed E-state index contributed by atoms with van der Waals surface area (Å²) in [5.41, 5.74) is 2.67. The maximum absolute atomic E-state index is 11.9. The Morgan fingerprint density at radius 3 is 2.50 bits per heavy atom. The Bertz CT molecular complexity index is 423. The summed E-state index contributed by atoms with van der Waals surface area (Å²) < 4.78 is 5.38. The van der Waals surface area contributed by atoms with Crippen LogP contribution in [0.2, 0.25) is 0 Å². The highest BCUT2D eigenvalue weighted by Gasteiger charge is 2.35. The lowest BCUT2D eigenvalue weighted by atomic mass is 9.84. The van der Waals surface area contributed by atoms with Gasteiger partial charge in [-0.1, -0.05) is 36.6 Å². The monoisotopic (exact) mass is 277 g/mol. The summed E-state index contributed by atoms with van der Waals surface area (Å²) in [4.78, 5) is 13.7. The van der Waals surface area contributed by atoms with Crippen LogP contribution < -0.4 is 0 Å². The third-order valence-electron chi connectivity index (χ3n) is 3.90. The quantitative estimate of drug-likeness (QED) is 0.769. The van der Waals surface area contributed by atoms with E-state index in [4.69, 9.17) is 4.74 Å². The molecule has 112 valence electrons. The first kappa shape index (κ1) is 15.1. The third-order valence-corrected chi connectivity index (χ3v) is 3.90. The molecule has 0 spiro atoms. The number of nitrogens with zero attached hydrogens (tertiary/aromatic N) is 1.